The molecule has 1 aliphatic carbocycles. The molecule has 1 fully saturated rings. The van der Waals surface area contributed by atoms with E-state index in [0.29, 0.717) is 0 Å². The lowest BCUT2D eigenvalue weighted by atomic mass is 10.0. The first kappa shape index (κ1) is 12.6. The van der Waals surface area contributed by atoms with Gasteiger partial charge in [-0.1, -0.05) is 29.8 Å². The number of amides is 1. The Bertz CT molecular complexity index is 449. The van der Waals surface area contributed by atoms with Crippen molar-refractivity contribution in [3.8, 4) is 0 Å². The molecular formula is C14H17NO3. The van der Waals surface area contributed by atoms with E-state index >= 15 is 0 Å². The number of hydrogen-bond acceptors (Lipinski definition) is 2. The SMILES string of the molecule is Cc1ccc(C(CC(=O)O)NC(=O)C2CC2)cc1. The van der Waals surface area contributed by atoms with Gasteiger partial charge < -0.3 is 10.4 Å². The summed E-state index contributed by atoms with van der Waals surface area (Å²) in [6, 6.07) is 7.16. The van der Waals surface area contributed by atoms with Crippen LogP contribution in [0.4, 0.5) is 0 Å². The molecule has 1 atom stereocenters. The molecule has 0 bridgehead atoms. The maximum absolute atomic E-state index is 11.7. The minimum absolute atomic E-state index is 0.0261. The van der Waals surface area contributed by atoms with Crippen LogP contribution in [0.2, 0.25) is 0 Å². The summed E-state index contributed by atoms with van der Waals surface area (Å²) in [5.41, 5.74) is 1.96. The van der Waals surface area contributed by atoms with Gasteiger partial charge in [0.15, 0.2) is 0 Å². The Kier molecular flexibility index (Phi) is 3.65. The summed E-state index contributed by atoms with van der Waals surface area (Å²) >= 11 is 0. The smallest absolute Gasteiger partial charge is 0.305 e. The van der Waals surface area contributed by atoms with Gasteiger partial charge in [0.2, 0.25) is 5.91 Å². The second-order valence-electron chi connectivity index (χ2n) is 4.84. The Morgan fingerprint density at radius 3 is 2.44 bits per heavy atom. The highest BCUT2D eigenvalue weighted by molar-refractivity contribution is 5.82. The number of rotatable bonds is 5. The summed E-state index contributed by atoms with van der Waals surface area (Å²) in [7, 11) is 0. The van der Waals surface area contributed by atoms with E-state index in [9.17, 15) is 9.59 Å². The molecule has 1 aromatic rings. The van der Waals surface area contributed by atoms with Crippen LogP contribution in [-0.4, -0.2) is 17.0 Å². The molecule has 0 spiro atoms. The van der Waals surface area contributed by atoms with Crippen LogP contribution in [0.3, 0.4) is 0 Å². The Morgan fingerprint density at radius 1 is 1.33 bits per heavy atom. The molecular weight excluding hydrogens is 230 g/mol. The fourth-order valence-corrected chi connectivity index (χ4v) is 1.86. The zero-order chi connectivity index (χ0) is 13.1. The fraction of sp³-hybridized carbons (Fsp3) is 0.429. The van der Waals surface area contributed by atoms with Crippen LogP contribution >= 0.6 is 0 Å². The molecule has 4 heteroatoms. The third kappa shape index (κ3) is 3.32. The summed E-state index contributed by atoms with van der Waals surface area (Å²) in [4.78, 5) is 22.6. The van der Waals surface area contributed by atoms with Crippen LogP contribution < -0.4 is 5.32 Å². The van der Waals surface area contributed by atoms with Crippen LogP contribution in [-0.2, 0) is 9.59 Å². The van der Waals surface area contributed by atoms with Crippen LogP contribution in [0.1, 0.15) is 36.4 Å². The maximum atomic E-state index is 11.7. The van der Waals surface area contributed by atoms with Gasteiger partial charge in [-0.15, -0.1) is 0 Å². The Labute approximate surface area is 106 Å². The highest BCUT2D eigenvalue weighted by Gasteiger charge is 2.31. The number of carbonyl (C=O) groups excluding carboxylic acids is 1. The number of carboxylic acid groups (broad SMARTS) is 1. The molecule has 0 aromatic heterocycles. The highest BCUT2D eigenvalue weighted by Crippen LogP contribution is 2.30. The Morgan fingerprint density at radius 2 is 1.94 bits per heavy atom. The van der Waals surface area contributed by atoms with Crippen molar-refractivity contribution in [2.75, 3.05) is 0 Å². The summed E-state index contributed by atoms with van der Waals surface area (Å²) in [5.74, 6) is -0.842. The second-order valence-corrected chi connectivity index (χ2v) is 4.84. The summed E-state index contributed by atoms with van der Waals surface area (Å²) < 4.78 is 0. The van der Waals surface area contributed by atoms with E-state index in [0.717, 1.165) is 24.0 Å². The van der Waals surface area contributed by atoms with Gasteiger partial charge in [0, 0.05) is 5.92 Å². The molecule has 2 N–H and O–H groups in total. The number of aryl methyl sites for hydroxylation is 1. The van der Waals surface area contributed by atoms with E-state index in [2.05, 4.69) is 5.32 Å². The normalized spacial score (nSPS) is 16.1. The molecule has 1 saturated carbocycles. The predicted molar refractivity (Wildman–Crippen MR) is 67.0 cm³/mol. The van der Waals surface area contributed by atoms with Crippen molar-refractivity contribution in [3.63, 3.8) is 0 Å². The lowest BCUT2D eigenvalue weighted by Gasteiger charge is -2.17. The minimum atomic E-state index is -0.906. The van der Waals surface area contributed by atoms with Crippen molar-refractivity contribution in [1.29, 1.82) is 0 Å². The molecule has 96 valence electrons. The zero-order valence-electron chi connectivity index (χ0n) is 10.3. The highest BCUT2D eigenvalue weighted by atomic mass is 16.4. The van der Waals surface area contributed by atoms with Gasteiger partial charge in [-0.05, 0) is 25.3 Å². The Balaban J connectivity index is 2.10. The third-order valence-electron chi connectivity index (χ3n) is 3.12. The predicted octanol–water partition coefficient (Wildman–Crippen LogP) is 2.04. The molecule has 0 saturated heterocycles. The average molecular weight is 247 g/mol. The second kappa shape index (κ2) is 5.21. The molecule has 1 aromatic carbocycles. The first-order chi connectivity index (χ1) is 8.56. The monoisotopic (exact) mass is 247 g/mol. The van der Waals surface area contributed by atoms with E-state index in [1.54, 1.807) is 0 Å². The lowest BCUT2D eigenvalue weighted by molar-refractivity contribution is -0.137. The van der Waals surface area contributed by atoms with E-state index in [1.807, 2.05) is 31.2 Å². The fourth-order valence-electron chi connectivity index (χ4n) is 1.86. The molecule has 1 unspecified atom stereocenters. The van der Waals surface area contributed by atoms with Crippen LogP contribution in [0.25, 0.3) is 0 Å². The van der Waals surface area contributed by atoms with Crippen molar-refractivity contribution in [2.24, 2.45) is 5.92 Å². The van der Waals surface area contributed by atoms with Crippen molar-refractivity contribution >= 4 is 11.9 Å². The van der Waals surface area contributed by atoms with Gasteiger partial charge in [0.1, 0.15) is 0 Å². The third-order valence-corrected chi connectivity index (χ3v) is 3.12. The number of benzene rings is 1. The van der Waals surface area contributed by atoms with Gasteiger partial charge in [-0.2, -0.15) is 0 Å². The molecule has 18 heavy (non-hydrogen) atoms. The molecule has 1 amide bonds. The van der Waals surface area contributed by atoms with Crippen LogP contribution in [0.15, 0.2) is 24.3 Å². The lowest BCUT2D eigenvalue weighted by Crippen LogP contribution is -2.31. The summed E-state index contributed by atoms with van der Waals surface area (Å²) in [5, 5.41) is 11.7. The molecule has 4 nitrogen and oxygen atoms in total. The topological polar surface area (TPSA) is 66.4 Å². The zero-order valence-corrected chi connectivity index (χ0v) is 10.3. The minimum Gasteiger partial charge on any atom is -0.481 e. The van der Waals surface area contributed by atoms with E-state index in [-0.39, 0.29) is 18.2 Å². The quantitative estimate of drug-likeness (QED) is 0.836. The first-order valence-corrected chi connectivity index (χ1v) is 6.15. The van der Waals surface area contributed by atoms with Gasteiger partial charge in [0.25, 0.3) is 0 Å². The number of carboxylic acids is 1. The number of carbonyl (C=O) groups is 2. The van der Waals surface area contributed by atoms with Crippen molar-refractivity contribution in [1.82, 2.24) is 5.32 Å². The Hall–Kier alpha value is -1.84. The molecule has 1 aliphatic rings. The van der Waals surface area contributed by atoms with Gasteiger partial charge in [0.05, 0.1) is 12.5 Å². The summed E-state index contributed by atoms with van der Waals surface area (Å²) in [6.07, 6.45) is 1.75. The molecule has 2 rings (SSSR count). The van der Waals surface area contributed by atoms with Crippen LogP contribution in [0, 0.1) is 12.8 Å². The van der Waals surface area contributed by atoms with Gasteiger partial charge in [-0.25, -0.2) is 0 Å². The van der Waals surface area contributed by atoms with Crippen molar-refractivity contribution in [2.45, 2.75) is 32.2 Å². The van der Waals surface area contributed by atoms with Gasteiger partial charge >= 0.3 is 5.97 Å². The first-order valence-electron chi connectivity index (χ1n) is 6.15. The number of aliphatic carboxylic acids is 1. The average Bonchev–Trinajstić information content (AvgIpc) is 3.12. The van der Waals surface area contributed by atoms with Crippen molar-refractivity contribution < 1.29 is 14.7 Å². The molecule has 0 aliphatic heterocycles. The number of nitrogens with one attached hydrogen (secondary N) is 1. The molecule has 0 heterocycles. The number of hydrogen-bond donors (Lipinski definition) is 2. The summed E-state index contributed by atoms with van der Waals surface area (Å²) in [6.45, 7) is 1.97. The van der Waals surface area contributed by atoms with Gasteiger partial charge in [-0.3, -0.25) is 9.59 Å². The van der Waals surface area contributed by atoms with E-state index < -0.39 is 12.0 Å². The van der Waals surface area contributed by atoms with E-state index in [1.165, 1.54) is 0 Å². The standard InChI is InChI=1S/C14H17NO3/c1-9-2-4-10(5-3-9)12(8-13(16)17)15-14(18)11-6-7-11/h2-5,11-12H,6-8H2,1H3,(H,15,18)(H,16,17). The molecule has 0 radical (unpaired) electrons. The maximum Gasteiger partial charge on any atom is 0.305 e. The van der Waals surface area contributed by atoms with Crippen LogP contribution in [0.5, 0.6) is 0 Å². The van der Waals surface area contributed by atoms with Crippen molar-refractivity contribution in [3.05, 3.63) is 35.4 Å². The van der Waals surface area contributed by atoms with E-state index in [4.69, 9.17) is 5.11 Å². The largest absolute Gasteiger partial charge is 0.481 e.